The molecule has 2 aromatic rings. The Hall–Kier alpha value is -2.36. The fourth-order valence-electron chi connectivity index (χ4n) is 2.40. The molecule has 4 N–H and O–H groups in total. The van der Waals surface area contributed by atoms with E-state index in [1.54, 1.807) is 6.07 Å². The van der Waals surface area contributed by atoms with Crippen LogP contribution in [0.5, 0.6) is 23.0 Å². The van der Waals surface area contributed by atoms with E-state index in [1.165, 1.54) is 6.07 Å². The summed E-state index contributed by atoms with van der Waals surface area (Å²) in [4.78, 5) is 0. The van der Waals surface area contributed by atoms with E-state index in [4.69, 9.17) is 0 Å². The molecule has 0 amide bonds. The van der Waals surface area contributed by atoms with Crippen molar-refractivity contribution in [2.24, 2.45) is 0 Å². The monoisotopic (exact) mass is 244 g/mol. The van der Waals surface area contributed by atoms with E-state index in [0.29, 0.717) is 23.6 Å². The average molecular weight is 244 g/mol. The quantitative estimate of drug-likeness (QED) is 0.423. The summed E-state index contributed by atoms with van der Waals surface area (Å²) in [6.45, 7) is 0. The summed E-state index contributed by atoms with van der Waals surface area (Å²) in [5.41, 5.74) is 1.72. The van der Waals surface area contributed by atoms with Gasteiger partial charge in [-0.2, -0.15) is 0 Å². The van der Waals surface area contributed by atoms with Gasteiger partial charge >= 0.3 is 0 Å². The minimum atomic E-state index is -0.562. The Bertz CT molecular complexity index is 686. The Morgan fingerprint density at radius 1 is 0.722 bits per heavy atom. The van der Waals surface area contributed by atoms with Crippen LogP contribution >= 0.6 is 0 Å². The first-order chi connectivity index (χ1) is 8.59. The molecule has 0 bridgehead atoms. The van der Waals surface area contributed by atoms with E-state index < -0.39 is 17.2 Å². The van der Waals surface area contributed by atoms with Crippen molar-refractivity contribution in [2.45, 2.75) is 12.8 Å². The van der Waals surface area contributed by atoms with Gasteiger partial charge in [0.1, 0.15) is 5.75 Å². The molecule has 1 aliphatic rings. The predicted octanol–water partition coefficient (Wildman–Crippen LogP) is 2.32. The number of phenolic OH excluding ortho intramolecular Hbond substituents is 4. The number of aromatic hydroxyl groups is 4. The molecule has 0 spiro atoms. The van der Waals surface area contributed by atoms with Gasteiger partial charge in [-0.25, -0.2) is 0 Å². The minimum absolute atomic E-state index is 0.0532. The molecule has 0 aliphatic heterocycles. The molecule has 0 radical (unpaired) electrons. The zero-order valence-corrected chi connectivity index (χ0v) is 9.51. The van der Waals surface area contributed by atoms with Gasteiger partial charge in [-0.15, -0.1) is 0 Å². The molecule has 0 fully saturated rings. The van der Waals surface area contributed by atoms with Crippen molar-refractivity contribution >= 4 is 10.8 Å². The van der Waals surface area contributed by atoms with Crippen LogP contribution in [0.1, 0.15) is 11.1 Å². The van der Waals surface area contributed by atoms with Gasteiger partial charge in [-0.3, -0.25) is 0 Å². The van der Waals surface area contributed by atoms with Crippen molar-refractivity contribution in [1.29, 1.82) is 0 Å². The number of rotatable bonds is 0. The topological polar surface area (TPSA) is 80.9 Å². The lowest BCUT2D eigenvalue weighted by Crippen LogP contribution is -1.98. The van der Waals surface area contributed by atoms with E-state index in [1.807, 2.05) is 12.2 Å². The number of benzene rings is 2. The molecule has 0 saturated carbocycles. The number of fused-ring (bicyclic) bond motifs is 2. The van der Waals surface area contributed by atoms with Crippen LogP contribution in [0.3, 0.4) is 0 Å². The third-order valence-electron chi connectivity index (χ3n) is 3.37. The van der Waals surface area contributed by atoms with E-state index in [9.17, 15) is 20.4 Å². The molecule has 18 heavy (non-hydrogen) atoms. The number of allylic oxidation sites excluding steroid dienone is 2. The van der Waals surface area contributed by atoms with Gasteiger partial charge in [0.25, 0.3) is 0 Å². The zero-order chi connectivity index (χ0) is 12.9. The van der Waals surface area contributed by atoms with Crippen LogP contribution < -0.4 is 0 Å². The van der Waals surface area contributed by atoms with Gasteiger partial charge in [0, 0.05) is 16.3 Å². The Balaban J connectivity index is 2.44. The molecule has 3 rings (SSSR count). The molecule has 4 heteroatoms. The molecule has 0 unspecified atom stereocenters. The fraction of sp³-hybridized carbons (Fsp3) is 0.143. The highest BCUT2D eigenvalue weighted by molar-refractivity contribution is 5.98. The summed E-state index contributed by atoms with van der Waals surface area (Å²) >= 11 is 0. The third-order valence-corrected chi connectivity index (χ3v) is 3.37. The molecule has 0 atom stereocenters. The molecule has 1 aliphatic carbocycles. The normalized spacial score (nSPS) is 13.8. The Morgan fingerprint density at radius 2 is 1.39 bits per heavy atom. The van der Waals surface area contributed by atoms with Gasteiger partial charge in [-0.05, 0) is 30.5 Å². The van der Waals surface area contributed by atoms with Crippen LogP contribution in [0, 0.1) is 0 Å². The van der Waals surface area contributed by atoms with Crippen LogP contribution in [0.15, 0.2) is 24.3 Å². The maximum absolute atomic E-state index is 10.2. The van der Waals surface area contributed by atoms with Gasteiger partial charge in [0.05, 0.1) is 0 Å². The van der Waals surface area contributed by atoms with E-state index in [0.717, 1.165) is 11.1 Å². The Labute approximate surface area is 103 Å². The van der Waals surface area contributed by atoms with Crippen molar-refractivity contribution in [1.82, 2.24) is 0 Å². The zero-order valence-electron chi connectivity index (χ0n) is 9.51. The first kappa shape index (κ1) is 10.8. The number of hydrogen-bond acceptors (Lipinski definition) is 4. The summed E-state index contributed by atoms with van der Waals surface area (Å²) < 4.78 is 0. The second-order valence-corrected chi connectivity index (χ2v) is 4.43. The first-order valence-electron chi connectivity index (χ1n) is 5.66. The summed E-state index contributed by atoms with van der Waals surface area (Å²) in [6, 6.07) is 3.00. The highest BCUT2D eigenvalue weighted by atomic mass is 16.3. The summed E-state index contributed by atoms with van der Waals surface area (Å²) in [7, 11) is 0. The number of phenols is 4. The smallest absolute Gasteiger partial charge is 0.200 e. The molecule has 4 nitrogen and oxygen atoms in total. The Kier molecular flexibility index (Phi) is 2.13. The highest BCUT2D eigenvalue weighted by Crippen LogP contribution is 2.46. The van der Waals surface area contributed by atoms with Crippen LogP contribution in [-0.4, -0.2) is 20.4 Å². The summed E-state index contributed by atoms with van der Waals surface area (Å²) in [6.07, 6.45) is 5.26. The lowest BCUT2D eigenvalue weighted by molar-refractivity contribution is 0.371. The molecule has 0 heterocycles. The number of hydrogen-bond donors (Lipinski definition) is 4. The summed E-state index contributed by atoms with van der Waals surface area (Å²) in [5, 5.41) is 39.7. The van der Waals surface area contributed by atoms with Crippen molar-refractivity contribution in [3.8, 4) is 23.0 Å². The van der Waals surface area contributed by atoms with Crippen LogP contribution in [0.25, 0.3) is 10.8 Å². The lowest BCUT2D eigenvalue weighted by Gasteiger charge is -2.16. The van der Waals surface area contributed by atoms with Gasteiger partial charge in [-0.1, -0.05) is 12.2 Å². The highest BCUT2D eigenvalue weighted by Gasteiger charge is 2.19. The fourth-order valence-corrected chi connectivity index (χ4v) is 2.40. The Morgan fingerprint density at radius 3 is 2.17 bits per heavy atom. The standard InChI is InChI=1S/C14H12O4/c15-11-6-10-9(13(17)14(11)18)5-7-3-1-2-4-8(7)12(10)16/h1-2,5-6,15-18H,3-4H2. The maximum Gasteiger partial charge on any atom is 0.200 e. The second kappa shape index (κ2) is 3.57. The molecule has 92 valence electrons. The third kappa shape index (κ3) is 1.32. The lowest BCUT2D eigenvalue weighted by atomic mass is 9.91. The van der Waals surface area contributed by atoms with E-state index >= 15 is 0 Å². The van der Waals surface area contributed by atoms with Gasteiger partial charge < -0.3 is 20.4 Å². The molecule has 0 aromatic heterocycles. The van der Waals surface area contributed by atoms with Crippen LogP contribution in [0.4, 0.5) is 0 Å². The van der Waals surface area contributed by atoms with E-state index in [-0.39, 0.29) is 5.75 Å². The average Bonchev–Trinajstić information content (AvgIpc) is 2.38. The van der Waals surface area contributed by atoms with Crippen LogP contribution in [-0.2, 0) is 12.8 Å². The summed E-state index contributed by atoms with van der Waals surface area (Å²) in [5.74, 6) is -1.36. The second-order valence-electron chi connectivity index (χ2n) is 4.43. The van der Waals surface area contributed by atoms with Gasteiger partial charge in [0.2, 0.25) is 5.75 Å². The van der Waals surface area contributed by atoms with Crippen molar-refractivity contribution in [3.63, 3.8) is 0 Å². The molecular weight excluding hydrogens is 232 g/mol. The van der Waals surface area contributed by atoms with Crippen molar-refractivity contribution in [2.75, 3.05) is 0 Å². The molecule has 0 saturated heterocycles. The van der Waals surface area contributed by atoms with E-state index in [2.05, 4.69) is 0 Å². The molecule has 2 aromatic carbocycles. The predicted molar refractivity (Wildman–Crippen MR) is 67.2 cm³/mol. The maximum atomic E-state index is 10.2. The van der Waals surface area contributed by atoms with Gasteiger partial charge in [0.15, 0.2) is 11.5 Å². The first-order valence-corrected chi connectivity index (χ1v) is 5.66. The minimum Gasteiger partial charge on any atom is -0.507 e. The van der Waals surface area contributed by atoms with Crippen LogP contribution in [0.2, 0.25) is 0 Å². The largest absolute Gasteiger partial charge is 0.507 e. The SMILES string of the molecule is Oc1cc2c(O)c3c(cc2c(O)c1O)CC=CC3. The molecular formula is C14H12O4. The van der Waals surface area contributed by atoms with Crippen molar-refractivity contribution < 1.29 is 20.4 Å². The van der Waals surface area contributed by atoms with Crippen molar-refractivity contribution in [3.05, 3.63) is 35.4 Å².